The SMILES string of the molecule is CCC(C)CC(N)c1cc(C)c(OC)cc1C. The molecule has 0 radical (unpaired) electrons. The van der Waals surface area contributed by atoms with Gasteiger partial charge in [0.15, 0.2) is 0 Å². The Hall–Kier alpha value is -1.02. The molecule has 2 nitrogen and oxygen atoms in total. The quantitative estimate of drug-likeness (QED) is 0.843. The predicted octanol–water partition coefficient (Wildman–Crippen LogP) is 3.75. The van der Waals surface area contributed by atoms with Gasteiger partial charge in [-0.15, -0.1) is 0 Å². The Morgan fingerprint density at radius 3 is 2.41 bits per heavy atom. The molecule has 2 N–H and O–H groups in total. The lowest BCUT2D eigenvalue weighted by molar-refractivity contribution is 0.410. The van der Waals surface area contributed by atoms with Gasteiger partial charge in [0.05, 0.1) is 7.11 Å². The van der Waals surface area contributed by atoms with E-state index in [2.05, 4.69) is 39.8 Å². The molecule has 0 fully saturated rings. The molecule has 0 saturated heterocycles. The normalized spacial score (nSPS) is 14.5. The topological polar surface area (TPSA) is 35.2 Å². The van der Waals surface area contributed by atoms with Crippen LogP contribution < -0.4 is 10.5 Å². The molecular weight excluding hydrogens is 210 g/mol. The Morgan fingerprint density at radius 2 is 1.88 bits per heavy atom. The summed E-state index contributed by atoms with van der Waals surface area (Å²) < 4.78 is 5.32. The van der Waals surface area contributed by atoms with E-state index in [0.717, 1.165) is 17.7 Å². The minimum atomic E-state index is 0.134. The third-order valence-electron chi connectivity index (χ3n) is 3.54. The first-order valence-corrected chi connectivity index (χ1v) is 6.40. The van der Waals surface area contributed by atoms with Gasteiger partial charge in [-0.3, -0.25) is 0 Å². The first kappa shape index (κ1) is 14.0. The molecule has 0 saturated carbocycles. The zero-order valence-electron chi connectivity index (χ0n) is 11.7. The number of methoxy groups -OCH3 is 1. The maximum atomic E-state index is 6.29. The second-order valence-electron chi connectivity index (χ2n) is 5.03. The highest BCUT2D eigenvalue weighted by Crippen LogP contribution is 2.28. The smallest absolute Gasteiger partial charge is 0.122 e. The van der Waals surface area contributed by atoms with E-state index in [9.17, 15) is 0 Å². The molecule has 0 heterocycles. The van der Waals surface area contributed by atoms with Crippen LogP contribution in [0.1, 0.15) is 49.4 Å². The first-order chi connectivity index (χ1) is 7.99. The highest BCUT2D eigenvalue weighted by Gasteiger charge is 2.14. The van der Waals surface area contributed by atoms with Gasteiger partial charge in [0.1, 0.15) is 5.75 Å². The molecular formula is C15H25NO. The molecule has 2 unspecified atom stereocenters. The fraction of sp³-hybridized carbons (Fsp3) is 0.600. The van der Waals surface area contributed by atoms with Gasteiger partial charge in [-0.2, -0.15) is 0 Å². The van der Waals surface area contributed by atoms with Gasteiger partial charge in [-0.05, 0) is 48.9 Å². The van der Waals surface area contributed by atoms with E-state index in [1.165, 1.54) is 17.5 Å². The highest BCUT2D eigenvalue weighted by atomic mass is 16.5. The standard InChI is InChI=1S/C15H25NO/c1-6-10(2)7-14(16)13-8-12(4)15(17-5)9-11(13)3/h8-10,14H,6-7,16H2,1-5H3. The average molecular weight is 235 g/mol. The largest absolute Gasteiger partial charge is 0.496 e. The summed E-state index contributed by atoms with van der Waals surface area (Å²) >= 11 is 0. The molecule has 2 heteroatoms. The number of hydrogen-bond donors (Lipinski definition) is 1. The Balaban J connectivity index is 2.94. The van der Waals surface area contributed by atoms with Crippen LogP contribution in [0.15, 0.2) is 12.1 Å². The van der Waals surface area contributed by atoms with Crippen LogP contribution in [-0.4, -0.2) is 7.11 Å². The van der Waals surface area contributed by atoms with Crippen LogP contribution in [0.25, 0.3) is 0 Å². The lowest BCUT2D eigenvalue weighted by atomic mass is 9.91. The Labute approximate surface area is 105 Å². The summed E-state index contributed by atoms with van der Waals surface area (Å²) in [6, 6.07) is 4.39. The zero-order valence-corrected chi connectivity index (χ0v) is 11.7. The molecule has 0 bridgehead atoms. The summed E-state index contributed by atoms with van der Waals surface area (Å²) in [7, 11) is 1.71. The van der Waals surface area contributed by atoms with Crippen LogP contribution in [0, 0.1) is 19.8 Å². The second kappa shape index (κ2) is 6.06. The second-order valence-corrected chi connectivity index (χ2v) is 5.03. The van der Waals surface area contributed by atoms with Crippen molar-refractivity contribution in [3.8, 4) is 5.75 Å². The average Bonchev–Trinajstić information content (AvgIpc) is 2.31. The van der Waals surface area contributed by atoms with E-state index < -0.39 is 0 Å². The molecule has 1 aromatic rings. The van der Waals surface area contributed by atoms with Gasteiger partial charge in [0.2, 0.25) is 0 Å². The summed E-state index contributed by atoms with van der Waals surface area (Å²) in [4.78, 5) is 0. The van der Waals surface area contributed by atoms with E-state index in [4.69, 9.17) is 10.5 Å². The molecule has 2 atom stereocenters. The van der Waals surface area contributed by atoms with Crippen molar-refractivity contribution < 1.29 is 4.74 Å². The van der Waals surface area contributed by atoms with Gasteiger partial charge in [-0.25, -0.2) is 0 Å². The van der Waals surface area contributed by atoms with Crippen molar-refractivity contribution in [1.82, 2.24) is 0 Å². The lowest BCUT2D eigenvalue weighted by Gasteiger charge is -2.20. The van der Waals surface area contributed by atoms with Crippen LogP contribution in [-0.2, 0) is 0 Å². The van der Waals surface area contributed by atoms with Gasteiger partial charge in [0, 0.05) is 6.04 Å². The summed E-state index contributed by atoms with van der Waals surface area (Å²) in [6.07, 6.45) is 2.23. The van der Waals surface area contributed by atoms with E-state index in [1.54, 1.807) is 7.11 Å². The van der Waals surface area contributed by atoms with Gasteiger partial charge in [0.25, 0.3) is 0 Å². The zero-order chi connectivity index (χ0) is 13.0. The molecule has 1 aromatic carbocycles. The van der Waals surface area contributed by atoms with Crippen molar-refractivity contribution >= 4 is 0 Å². The van der Waals surface area contributed by atoms with Crippen molar-refractivity contribution in [2.24, 2.45) is 11.7 Å². The molecule has 17 heavy (non-hydrogen) atoms. The van der Waals surface area contributed by atoms with Gasteiger partial charge in [-0.1, -0.05) is 26.3 Å². The summed E-state index contributed by atoms with van der Waals surface area (Å²) in [5, 5.41) is 0. The van der Waals surface area contributed by atoms with Crippen LogP contribution in [0.2, 0.25) is 0 Å². The number of ether oxygens (including phenoxy) is 1. The van der Waals surface area contributed by atoms with Crippen LogP contribution >= 0.6 is 0 Å². The molecule has 0 aromatic heterocycles. The summed E-state index contributed by atoms with van der Waals surface area (Å²) in [5.41, 5.74) is 9.93. The molecule has 96 valence electrons. The van der Waals surface area contributed by atoms with Crippen LogP contribution in [0.5, 0.6) is 5.75 Å². The number of aryl methyl sites for hydroxylation is 2. The van der Waals surface area contributed by atoms with Crippen LogP contribution in [0.4, 0.5) is 0 Å². The number of hydrogen-bond acceptors (Lipinski definition) is 2. The molecule has 0 amide bonds. The third-order valence-corrected chi connectivity index (χ3v) is 3.54. The molecule has 0 aliphatic heterocycles. The van der Waals surface area contributed by atoms with Crippen LogP contribution in [0.3, 0.4) is 0 Å². The van der Waals surface area contributed by atoms with E-state index in [-0.39, 0.29) is 6.04 Å². The van der Waals surface area contributed by atoms with Gasteiger partial charge >= 0.3 is 0 Å². The number of nitrogens with two attached hydrogens (primary N) is 1. The monoisotopic (exact) mass is 235 g/mol. The molecule has 0 aliphatic rings. The minimum Gasteiger partial charge on any atom is -0.496 e. The lowest BCUT2D eigenvalue weighted by Crippen LogP contribution is -2.15. The van der Waals surface area contributed by atoms with E-state index >= 15 is 0 Å². The molecule has 1 rings (SSSR count). The minimum absolute atomic E-state index is 0.134. The van der Waals surface area contributed by atoms with Crippen molar-refractivity contribution in [1.29, 1.82) is 0 Å². The Kier molecular flexibility index (Phi) is 5.01. The summed E-state index contributed by atoms with van der Waals surface area (Å²) in [6.45, 7) is 8.64. The maximum absolute atomic E-state index is 6.29. The third kappa shape index (κ3) is 3.47. The van der Waals surface area contributed by atoms with Crippen molar-refractivity contribution in [2.45, 2.75) is 46.6 Å². The van der Waals surface area contributed by atoms with Gasteiger partial charge < -0.3 is 10.5 Å². The number of rotatable bonds is 5. The van der Waals surface area contributed by atoms with E-state index in [1.807, 2.05) is 0 Å². The number of benzene rings is 1. The molecule has 0 aliphatic carbocycles. The molecule has 0 spiro atoms. The first-order valence-electron chi connectivity index (χ1n) is 6.40. The predicted molar refractivity (Wildman–Crippen MR) is 73.5 cm³/mol. The highest BCUT2D eigenvalue weighted by molar-refractivity contribution is 5.42. The Bertz CT molecular complexity index is 373. The fourth-order valence-corrected chi connectivity index (χ4v) is 2.16. The van der Waals surface area contributed by atoms with Crippen molar-refractivity contribution in [3.05, 3.63) is 28.8 Å². The maximum Gasteiger partial charge on any atom is 0.122 e. The van der Waals surface area contributed by atoms with Crippen molar-refractivity contribution in [3.63, 3.8) is 0 Å². The Morgan fingerprint density at radius 1 is 1.24 bits per heavy atom. The summed E-state index contributed by atoms with van der Waals surface area (Å²) in [5.74, 6) is 1.62. The van der Waals surface area contributed by atoms with E-state index in [0.29, 0.717) is 5.92 Å². The fourth-order valence-electron chi connectivity index (χ4n) is 2.16. The van der Waals surface area contributed by atoms with Crippen molar-refractivity contribution in [2.75, 3.05) is 7.11 Å².